The van der Waals surface area contributed by atoms with Gasteiger partial charge in [-0.2, -0.15) is 0 Å². The van der Waals surface area contributed by atoms with Gasteiger partial charge in [0.25, 0.3) is 0 Å². The van der Waals surface area contributed by atoms with Crippen LogP contribution in [0.3, 0.4) is 0 Å². The summed E-state index contributed by atoms with van der Waals surface area (Å²) >= 11 is 4.82. The van der Waals surface area contributed by atoms with Crippen LogP contribution >= 0.6 is 11.6 Å². The Bertz CT molecular complexity index is 20.9. The summed E-state index contributed by atoms with van der Waals surface area (Å²) in [5.74, 6) is 0.111. The quantitative estimate of drug-likeness (QED) is 0.339. The van der Waals surface area contributed by atoms with Gasteiger partial charge in [0.05, 0.1) is 5.88 Å². The summed E-state index contributed by atoms with van der Waals surface area (Å²) in [5, 5.41) is 0. The van der Waals surface area contributed by atoms with Crippen LogP contribution in [0.1, 0.15) is 0 Å². The third-order valence-electron chi connectivity index (χ3n) is 0.0630. The second-order valence-corrected chi connectivity index (χ2v) is 0.630. The Morgan fingerprint density at radius 2 is 2.00 bits per heavy atom. The van der Waals surface area contributed by atoms with Crippen molar-refractivity contribution in [3.63, 3.8) is 0 Å². The number of halogens is 1. The second-order valence-electron chi connectivity index (χ2n) is 0.321. The highest BCUT2D eigenvalue weighted by molar-refractivity contribution is 6.24. The number of carbonyl (C=O) groups is 1. The first-order valence-electron chi connectivity index (χ1n) is 0.911. The third-order valence-corrected chi connectivity index (χ3v) is 0.189. The first-order valence-corrected chi connectivity index (χ1v) is 1.45. The summed E-state index contributed by atoms with van der Waals surface area (Å²) < 4.78 is 0. The van der Waals surface area contributed by atoms with E-state index in [0.717, 1.165) is 0 Å². The van der Waals surface area contributed by atoms with E-state index in [4.69, 9.17) is 16.4 Å². The van der Waals surface area contributed by atoms with Crippen LogP contribution in [-0.2, 0) is 4.79 Å². The van der Waals surface area contributed by atoms with Crippen LogP contribution in [0.15, 0.2) is 0 Å². The van der Waals surface area contributed by atoms with E-state index >= 15 is 0 Å². The number of rotatable bonds is 1. The van der Waals surface area contributed by atoms with Crippen molar-refractivity contribution in [2.24, 2.45) is 0 Å². The molecule has 0 rings (SSSR count). The lowest BCUT2D eigenvalue weighted by Crippen LogP contribution is -1.63. The molecule has 0 aliphatic carbocycles. The normalized spacial score (nSPS) is 5.00. The average molecular weight is 90.5 g/mol. The molecule has 0 aliphatic rings. The molecular weight excluding hydrogens is 87.5 g/mol. The van der Waals surface area contributed by atoms with Crippen LogP contribution in [0.2, 0.25) is 0 Å². The van der Waals surface area contributed by atoms with Gasteiger partial charge in [0, 0.05) is 7.43 Å². The smallest absolute Gasteiger partial charge is 0.134 e. The molecule has 0 amide bonds. The van der Waals surface area contributed by atoms with Crippen molar-refractivity contribution in [2.45, 2.75) is 0 Å². The van der Waals surface area contributed by atoms with Crippen molar-refractivity contribution in [2.75, 3.05) is 5.88 Å². The van der Waals surface area contributed by atoms with Gasteiger partial charge in [-0.05, 0) is 0 Å². The van der Waals surface area contributed by atoms with Crippen molar-refractivity contribution < 1.29 is 4.79 Å². The maximum Gasteiger partial charge on any atom is 0.134 e. The summed E-state index contributed by atoms with van der Waals surface area (Å²) in [6.07, 6.45) is 0.640. The molecule has 0 heterocycles. The van der Waals surface area contributed by atoms with E-state index in [9.17, 15) is 0 Å². The maximum atomic E-state index is 9.04. The number of alkyl halides is 1. The van der Waals surface area contributed by atoms with E-state index in [1.807, 2.05) is 0 Å². The fraction of sp³-hybridized carbons (Fsp3) is 0.333. The molecule has 28 valence electrons. The minimum Gasteiger partial charge on any atom is -0.302 e. The standard InChI is InChI=1S/C2H3ClO.C/c3-1-2-4;/h2H,1H2;. The molecule has 0 aromatic heterocycles. The Labute approximate surface area is 36.9 Å². The van der Waals surface area contributed by atoms with Crippen LogP contribution in [-0.4, -0.2) is 12.2 Å². The Hall–Kier alpha value is -0.0400. The van der Waals surface area contributed by atoms with Crippen LogP contribution in [0.5, 0.6) is 0 Å². The minimum atomic E-state index is 0. The largest absolute Gasteiger partial charge is 0.302 e. The van der Waals surface area contributed by atoms with Gasteiger partial charge in [-0.3, -0.25) is 0 Å². The van der Waals surface area contributed by atoms with Gasteiger partial charge in [-0.1, -0.05) is 0 Å². The van der Waals surface area contributed by atoms with Gasteiger partial charge >= 0.3 is 0 Å². The van der Waals surface area contributed by atoms with Crippen molar-refractivity contribution in [3.05, 3.63) is 7.43 Å². The van der Waals surface area contributed by atoms with Gasteiger partial charge in [0.1, 0.15) is 6.29 Å². The molecule has 1 nitrogen and oxygen atoms in total. The Morgan fingerprint density at radius 3 is 2.00 bits per heavy atom. The van der Waals surface area contributed by atoms with Gasteiger partial charge < -0.3 is 4.79 Å². The topological polar surface area (TPSA) is 17.1 Å². The second kappa shape index (κ2) is 9.03. The molecule has 0 saturated heterocycles. The van der Waals surface area contributed by atoms with Crippen molar-refractivity contribution in [3.8, 4) is 0 Å². The molecule has 0 aliphatic heterocycles. The predicted molar refractivity (Wildman–Crippen MR) is 20.0 cm³/mol. The number of hydrogen-bond donors (Lipinski definition) is 0. The summed E-state index contributed by atoms with van der Waals surface area (Å²) in [5.41, 5.74) is 0. The van der Waals surface area contributed by atoms with Crippen LogP contribution in [0.25, 0.3) is 0 Å². The highest BCUT2D eigenvalue weighted by atomic mass is 35.5. The Morgan fingerprint density at radius 1 is 1.80 bits per heavy atom. The van der Waals surface area contributed by atoms with Crippen molar-refractivity contribution in [1.29, 1.82) is 0 Å². The lowest BCUT2D eigenvalue weighted by molar-refractivity contribution is -0.105. The molecule has 0 aromatic carbocycles. The molecule has 0 bridgehead atoms. The summed E-state index contributed by atoms with van der Waals surface area (Å²) in [4.78, 5) is 9.04. The SMILES string of the molecule is O=CCCl.[C]. The Balaban J connectivity index is 0. The predicted octanol–water partition coefficient (Wildman–Crippen LogP) is 0.505. The molecule has 0 fully saturated rings. The number of hydrogen-bond acceptors (Lipinski definition) is 1. The molecule has 0 aromatic rings. The average Bonchev–Trinajstić information content (AvgIpc) is 1.37. The summed E-state index contributed by atoms with van der Waals surface area (Å²) in [6, 6.07) is 0. The van der Waals surface area contributed by atoms with E-state index in [-0.39, 0.29) is 13.3 Å². The lowest BCUT2D eigenvalue weighted by Gasteiger charge is -1.49. The van der Waals surface area contributed by atoms with Crippen LogP contribution in [0, 0.1) is 7.43 Å². The minimum absolute atomic E-state index is 0. The molecule has 0 atom stereocenters. The van der Waals surface area contributed by atoms with E-state index in [1.54, 1.807) is 0 Å². The fourth-order valence-electron chi connectivity index (χ4n) is 0. The van der Waals surface area contributed by atoms with E-state index in [1.165, 1.54) is 0 Å². The molecule has 4 radical (unpaired) electrons. The number of carbonyl (C=O) groups excluding carboxylic acids is 1. The van der Waals surface area contributed by atoms with Crippen molar-refractivity contribution >= 4 is 17.9 Å². The van der Waals surface area contributed by atoms with E-state index in [2.05, 4.69) is 0 Å². The third kappa shape index (κ3) is 16.5. The van der Waals surface area contributed by atoms with Gasteiger partial charge in [-0.25, -0.2) is 0 Å². The molecular formula is C3H3ClO. The molecule has 0 saturated carbocycles. The Kier molecular flexibility index (Phi) is 16.0. The zero-order valence-corrected chi connectivity index (χ0v) is 3.33. The molecule has 2 heteroatoms. The van der Waals surface area contributed by atoms with E-state index in [0.29, 0.717) is 6.29 Å². The summed E-state index contributed by atoms with van der Waals surface area (Å²) in [7, 11) is 0. The number of aldehydes is 1. The van der Waals surface area contributed by atoms with Crippen LogP contribution in [0.4, 0.5) is 0 Å². The van der Waals surface area contributed by atoms with Crippen LogP contribution < -0.4 is 0 Å². The molecule has 0 spiro atoms. The highest BCUT2D eigenvalue weighted by Crippen LogP contribution is 1.57. The highest BCUT2D eigenvalue weighted by Gasteiger charge is 1.55. The summed E-state index contributed by atoms with van der Waals surface area (Å²) in [6.45, 7) is 0. The zero-order chi connectivity index (χ0) is 3.41. The first-order chi connectivity index (χ1) is 1.91. The molecule has 5 heavy (non-hydrogen) atoms. The molecule has 0 unspecified atom stereocenters. The molecule has 0 N–H and O–H groups in total. The van der Waals surface area contributed by atoms with Gasteiger partial charge in [0.2, 0.25) is 0 Å². The lowest BCUT2D eigenvalue weighted by atomic mass is 10.9. The maximum absolute atomic E-state index is 9.04. The van der Waals surface area contributed by atoms with Gasteiger partial charge in [0.15, 0.2) is 0 Å². The van der Waals surface area contributed by atoms with Gasteiger partial charge in [-0.15, -0.1) is 11.6 Å². The van der Waals surface area contributed by atoms with Crippen molar-refractivity contribution in [1.82, 2.24) is 0 Å². The fourth-order valence-corrected chi connectivity index (χ4v) is 0. The van der Waals surface area contributed by atoms with E-state index < -0.39 is 0 Å². The first kappa shape index (κ1) is 8.88. The monoisotopic (exact) mass is 90.0 g/mol. The zero-order valence-electron chi connectivity index (χ0n) is 2.57.